The topological polar surface area (TPSA) is 87.1 Å². The number of carbonyl (C=O) groups is 1. The van der Waals surface area contributed by atoms with Gasteiger partial charge in [0.05, 0.1) is 7.11 Å². The van der Waals surface area contributed by atoms with Crippen LogP contribution in [0.25, 0.3) is 10.4 Å². The van der Waals surface area contributed by atoms with Gasteiger partial charge >= 0.3 is 5.97 Å². The lowest BCUT2D eigenvalue weighted by molar-refractivity contribution is -0.149. The molecule has 112 valence electrons. The number of nitrogens with zero attached hydrogens (tertiary/aromatic N) is 3. The number of aryl methyl sites for hydroxylation is 2. The van der Waals surface area contributed by atoms with Gasteiger partial charge in [-0.2, -0.15) is 0 Å². The monoisotopic (exact) mass is 288 g/mol. The molecule has 0 aromatic heterocycles. The summed E-state index contributed by atoms with van der Waals surface area (Å²) in [6, 6.07) is 6.20. The maximum Gasteiger partial charge on any atom is 0.330 e. The Kier molecular flexibility index (Phi) is 4.83. The fourth-order valence-electron chi connectivity index (χ4n) is 2.90. The lowest BCUT2D eigenvalue weighted by Gasteiger charge is -2.29. The zero-order valence-corrected chi connectivity index (χ0v) is 12.4. The van der Waals surface area contributed by atoms with Crippen molar-refractivity contribution in [3.05, 3.63) is 45.3 Å². The van der Waals surface area contributed by atoms with Gasteiger partial charge in [-0.05, 0) is 49.4 Å². The number of rotatable bonds is 6. The molecule has 0 saturated heterocycles. The number of hydrogen-bond acceptors (Lipinski definition) is 4. The first-order valence-corrected chi connectivity index (χ1v) is 7.08. The smallest absolute Gasteiger partial charge is 0.330 e. The Bertz CT molecular complexity index is 581. The fraction of sp³-hybridized carbons (Fsp3) is 0.533. The zero-order valence-electron chi connectivity index (χ0n) is 12.4. The van der Waals surface area contributed by atoms with Crippen LogP contribution in [0, 0.1) is 6.92 Å². The van der Waals surface area contributed by atoms with E-state index in [0.29, 0.717) is 25.9 Å². The van der Waals surface area contributed by atoms with Crippen molar-refractivity contribution >= 4 is 5.97 Å². The number of azide groups is 1. The number of ether oxygens (including phenoxy) is 1. The van der Waals surface area contributed by atoms with E-state index in [1.54, 1.807) is 0 Å². The molecule has 0 spiro atoms. The first-order valence-electron chi connectivity index (χ1n) is 7.08. The Hall–Kier alpha value is -2.04. The molecule has 1 aliphatic rings. The van der Waals surface area contributed by atoms with E-state index in [0.717, 1.165) is 17.5 Å². The second-order valence-corrected chi connectivity index (χ2v) is 5.29. The molecule has 1 aromatic carbocycles. The van der Waals surface area contributed by atoms with Crippen LogP contribution in [0.15, 0.2) is 23.3 Å². The van der Waals surface area contributed by atoms with Gasteiger partial charge in [-0.15, -0.1) is 0 Å². The summed E-state index contributed by atoms with van der Waals surface area (Å²) >= 11 is 0. The van der Waals surface area contributed by atoms with E-state index in [1.165, 1.54) is 12.7 Å². The third kappa shape index (κ3) is 3.01. The molecule has 21 heavy (non-hydrogen) atoms. The van der Waals surface area contributed by atoms with Crippen LogP contribution in [0.2, 0.25) is 0 Å². The minimum Gasteiger partial charge on any atom is -0.467 e. The van der Waals surface area contributed by atoms with Crippen LogP contribution in [0.3, 0.4) is 0 Å². The van der Waals surface area contributed by atoms with Crippen molar-refractivity contribution in [2.45, 2.75) is 31.7 Å². The van der Waals surface area contributed by atoms with Gasteiger partial charge in [0, 0.05) is 11.5 Å². The Labute approximate surface area is 124 Å². The largest absolute Gasteiger partial charge is 0.467 e. The molecule has 6 nitrogen and oxygen atoms in total. The SMILES string of the molecule is COC(=O)C1(NCCCN=[N+]=[N-])CCc2ccc(C)cc21. The molecule has 0 heterocycles. The molecule has 1 atom stereocenters. The second kappa shape index (κ2) is 6.61. The minimum atomic E-state index is -0.771. The first kappa shape index (κ1) is 15.4. The highest BCUT2D eigenvalue weighted by Crippen LogP contribution is 2.38. The molecule has 0 radical (unpaired) electrons. The molecule has 6 heteroatoms. The molecule has 0 amide bonds. The maximum absolute atomic E-state index is 12.4. The summed E-state index contributed by atoms with van der Waals surface area (Å²) in [5, 5.41) is 6.84. The normalized spacial score (nSPS) is 19.7. The van der Waals surface area contributed by atoms with Crippen molar-refractivity contribution in [3.8, 4) is 0 Å². The third-order valence-corrected chi connectivity index (χ3v) is 3.95. The van der Waals surface area contributed by atoms with E-state index in [4.69, 9.17) is 10.3 Å². The number of carbonyl (C=O) groups excluding carboxylic acids is 1. The van der Waals surface area contributed by atoms with Gasteiger partial charge < -0.3 is 4.74 Å². The van der Waals surface area contributed by atoms with Crippen molar-refractivity contribution in [1.82, 2.24) is 5.32 Å². The first-order chi connectivity index (χ1) is 10.1. The molecule has 0 saturated carbocycles. The lowest BCUT2D eigenvalue weighted by Crippen LogP contribution is -2.48. The summed E-state index contributed by atoms with van der Waals surface area (Å²) in [6.07, 6.45) is 2.23. The summed E-state index contributed by atoms with van der Waals surface area (Å²) in [4.78, 5) is 15.1. The van der Waals surface area contributed by atoms with Crippen LogP contribution in [0.5, 0.6) is 0 Å². The van der Waals surface area contributed by atoms with E-state index in [9.17, 15) is 4.79 Å². The van der Waals surface area contributed by atoms with Crippen LogP contribution in [0.1, 0.15) is 29.5 Å². The van der Waals surface area contributed by atoms with E-state index >= 15 is 0 Å². The van der Waals surface area contributed by atoms with Crippen LogP contribution in [0.4, 0.5) is 0 Å². The highest BCUT2D eigenvalue weighted by atomic mass is 16.5. The molecular weight excluding hydrogens is 268 g/mol. The van der Waals surface area contributed by atoms with Crippen LogP contribution in [-0.2, 0) is 21.5 Å². The van der Waals surface area contributed by atoms with Crippen LogP contribution < -0.4 is 5.32 Å². The quantitative estimate of drug-likeness (QED) is 0.287. The summed E-state index contributed by atoms with van der Waals surface area (Å²) in [7, 11) is 1.42. The number of fused-ring (bicyclic) bond motifs is 1. The highest BCUT2D eigenvalue weighted by molar-refractivity contribution is 5.84. The van der Waals surface area contributed by atoms with Crippen molar-refractivity contribution in [2.75, 3.05) is 20.2 Å². The summed E-state index contributed by atoms with van der Waals surface area (Å²) in [5.74, 6) is -0.254. The molecule has 1 aliphatic carbocycles. The van der Waals surface area contributed by atoms with Crippen molar-refractivity contribution < 1.29 is 9.53 Å². The number of hydrogen-bond donors (Lipinski definition) is 1. The Morgan fingerprint density at radius 1 is 1.57 bits per heavy atom. The van der Waals surface area contributed by atoms with Crippen molar-refractivity contribution in [2.24, 2.45) is 5.11 Å². The van der Waals surface area contributed by atoms with Gasteiger partial charge in [-0.3, -0.25) is 5.32 Å². The van der Waals surface area contributed by atoms with Gasteiger partial charge in [0.2, 0.25) is 0 Å². The zero-order chi connectivity index (χ0) is 15.3. The number of benzene rings is 1. The fourth-order valence-corrected chi connectivity index (χ4v) is 2.90. The standard InChI is InChI=1S/C15H20N4O2/c1-11-4-5-12-6-7-15(13(12)10-11,14(20)21-2)17-8-3-9-18-19-16/h4-5,10,17H,3,6-9H2,1-2H3. The summed E-state index contributed by atoms with van der Waals surface area (Å²) in [5.41, 5.74) is 10.8. The van der Waals surface area contributed by atoms with E-state index < -0.39 is 5.54 Å². The van der Waals surface area contributed by atoms with Crippen LogP contribution >= 0.6 is 0 Å². The Balaban J connectivity index is 2.22. The Morgan fingerprint density at radius 2 is 2.38 bits per heavy atom. The van der Waals surface area contributed by atoms with Gasteiger partial charge in [0.25, 0.3) is 0 Å². The summed E-state index contributed by atoms with van der Waals surface area (Å²) < 4.78 is 5.03. The minimum absolute atomic E-state index is 0.254. The van der Waals surface area contributed by atoms with E-state index in [2.05, 4.69) is 33.5 Å². The van der Waals surface area contributed by atoms with Gasteiger partial charge in [-0.25, -0.2) is 4.79 Å². The molecule has 0 bridgehead atoms. The molecule has 1 aromatic rings. The average molecular weight is 288 g/mol. The Morgan fingerprint density at radius 3 is 3.10 bits per heavy atom. The number of nitrogens with one attached hydrogen (secondary N) is 1. The average Bonchev–Trinajstić information content (AvgIpc) is 2.85. The number of esters is 1. The number of methoxy groups -OCH3 is 1. The van der Waals surface area contributed by atoms with Gasteiger partial charge in [0.1, 0.15) is 5.54 Å². The summed E-state index contributed by atoms with van der Waals surface area (Å²) in [6.45, 7) is 3.03. The van der Waals surface area contributed by atoms with E-state index in [-0.39, 0.29) is 5.97 Å². The van der Waals surface area contributed by atoms with Crippen molar-refractivity contribution in [3.63, 3.8) is 0 Å². The predicted molar refractivity (Wildman–Crippen MR) is 79.8 cm³/mol. The highest BCUT2D eigenvalue weighted by Gasteiger charge is 2.45. The molecular formula is C15H20N4O2. The molecule has 1 unspecified atom stereocenters. The molecule has 0 aliphatic heterocycles. The van der Waals surface area contributed by atoms with Crippen molar-refractivity contribution in [1.29, 1.82) is 0 Å². The lowest BCUT2D eigenvalue weighted by atomic mass is 9.90. The van der Waals surface area contributed by atoms with Gasteiger partial charge in [-0.1, -0.05) is 28.9 Å². The maximum atomic E-state index is 12.4. The second-order valence-electron chi connectivity index (χ2n) is 5.29. The predicted octanol–water partition coefficient (Wildman–Crippen LogP) is 2.60. The molecule has 1 N–H and O–H groups in total. The van der Waals surface area contributed by atoms with Gasteiger partial charge in [0.15, 0.2) is 0 Å². The molecule has 0 fully saturated rings. The van der Waals surface area contributed by atoms with Crippen LogP contribution in [-0.4, -0.2) is 26.2 Å². The molecule has 2 rings (SSSR count). The van der Waals surface area contributed by atoms with E-state index in [1.807, 2.05) is 6.92 Å². The third-order valence-electron chi connectivity index (χ3n) is 3.95.